The Balaban J connectivity index is 1.21. The van der Waals surface area contributed by atoms with E-state index >= 15 is 0 Å². The van der Waals surface area contributed by atoms with Gasteiger partial charge in [0.2, 0.25) is 0 Å². The van der Waals surface area contributed by atoms with E-state index in [9.17, 15) is 19.1 Å². The molecule has 13 heteroatoms. The molecule has 0 atom stereocenters. The van der Waals surface area contributed by atoms with E-state index in [0.29, 0.717) is 53.9 Å². The van der Waals surface area contributed by atoms with E-state index in [2.05, 4.69) is 31.0 Å². The van der Waals surface area contributed by atoms with Crippen LogP contribution in [0.15, 0.2) is 55.0 Å². The molecule has 0 unspecified atom stereocenters. The summed E-state index contributed by atoms with van der Waals surface area (Å²) in [4.78, 5) is 34.7. The Hall–Kier alpha value is -4.45. The number of benzene rings is 1. The quantitative estimate of drug-likeness (QED) is 0.210. The minimum Gasteiger partial charge on any atom is -0.465 e. The monoisotopic (exact) mass is 578 g/mol. The molecule has 1 aromatic carbocycles. The van der Waals surface area contributed by atoms with Gasteiger partial charge in [-0.3, -0.25) is 14.7 Å². The third kappa shape index (κ3) is 5.73. The molecule has 212 valence electrons. The van der Waals surface area contributed by atoms with Crippen molar-refractivity contribution in [2.75, 3.05) is 20.9 Å². The first-order chi connectivity index (χ1) is 19.9. The number of para-hydroxylation sites is 1. The maximum atomic E-state index is 14.1. The molecule has 2 saturated carbocycles. The SMILES string of the molecule is O=C(Nc1ccncc1F)c1cnc2c(NC3CC3)cc(N[C@H]3CC[C@H](N(C(=O)O)c4ccccc4Cl)CC3)nn12. The van der Waals surface area contributed by atoms with E-state index in [1.54, 1.807) is 24.3 Å². The molecule has 2 aliphatic carbocycles. The van der Waals surface area contributed by atoms with E-state index in [1.165, 1.54) is 27.9 Å². The van der Waals surface area contributed by atoms with Crippen molar-refractivity contribution in [3.05, 3.63) is 71.5 Å². The van der Waals surface area contributed by atoms with Gasteiger partial charge in [-0.15, -0.1) is 5.10 Å². The fourth-order valence-corrected chi connectivity index (χ4v) is 5.43. The number of imidazole rings is 1. The van der Waals surface area contributed by atoms with Crippen LogP contribution in [-0.4, -0.2) is 54.8 Å². The van der Waals surface area contributed by atoms with Crippen molar-refractivity contribution in [3.8, 4) is 0 Å². The Morgan fingerprint density at radius 2 is 1.73 bits per heavy atom. The number of rotatable bonds is 8. The van der Waals surface area contributed by atoms with Crippen molar-refractivity contribution in [1.82, 2.24) is 19.6 Å². The predicted molar refractivity (Wildman–Crippen MR) is 153 cm³/mol. The highest BCUT2D eigenvalue weighted by Crippen LogP contribution is 2.34. The molecule has 2 fully saturated rings. The highest BCUT2D eigenvalue weighted by molar-refractivity contribution is 6.33. The lowest BCUT2D eigenvalue weighted by Gasteiger charge is -2.36. The van der Waals surface area contributed by atoms with E-state index in [-0.39, 0.29) is 23.5 Å². The van der Waals surface area contributed by atoms with Gasteiger partial charge in [-0.25, -0.2) is 18.7 Å². The summed E-state index contributed by atoms with van der Waals surface area (Å²) in [6.45, 7) is 0. The third-order valence-electron chi connectivity index (χ3n) is 7.39. The summed E-state index contributed by atoms with van der Waals surface area (Å²) in [7, 11) is 0. The Kier molecular flexibility index (Phi) is 7.31. The molecule has 41 heavy (non-hydrogen) atoms. The number of aromatic nitrogens is 4. The number of nitrogens with zero attached hydrogens (tertiary/aromatic N) is 5. The molecule has 2 amide bonds. The zero-order chi connectivity index (χ0) is 28.5. The number of hydrogen-bond donors (Lipinski definition) is 4. The van der Waals surface area contributed by atoms with Crippen molar-refractivity contribution in [2.24, 2.45) is 0 Å². The highest BCUT2D eigenvalue weighted by atomic mass is 35.5. The van der Waals surface area contributed by atoms with E-state index in [1.807, 2.05) is 6.07 Å². The van der Waals surface area contributed by atoms with Crippen LogP contribution in [0.1, 0.15) is 49.0 Å². The number of halogens is 2. The average Bonchev–Trinajstić information content (AvgIpc) is 3.67. The Bertz CT molecular complexity index is 1600. The molecular formula is C28H28ClFN8O3. The molecule has 0 radical (unpaired) electrons. The van der Waals surface area contributed by atoms with Crippen molar-refractivity contribution in [2.45, 2.75) is 56.7 Å². The van der Waals surface area contributed by atoms with Crippen LogP contribution in [0.3, 0.4) is 0 Å². The molecule has 11 nitrogen and oxygen atoms in total. The van der Waals surface area contributed by atoms with Gasteiger partial charge >= 0.3 is 6.09 Å². The number of carboxylic acid groups (broad SMARTS) is 1. The maximum absolute atomic E-state index is 14.1. The van der Waals surface area contributed by atoms with Gasteiger partial charge in [-0.2, -0.15) is 0 Å². The van der Waals surface area contributed by atoms with E-state index in [0.717, 1.165) is 24.7 Å². The summed E-state index contributed by atoms with van der Waals surface area (Å²) in [5.74, 6) is -0.654. The summed E-state index contributed by atoms with van der Waals surface area (Å²) in [5.41, 5.74) is 1.87. The average molecular weight is 579 g/mol. The van der Waals surface area contributed by atoms with Gasteiger partial charge in [0.25, 0.3) is 5.91 Å². The smallest absolute Gasteiger partial charge is 0.412 e. The number of hydrogen-bond acceptors (Lipinski definition) is 7. The summed E-state index contributed by atoms with van der Waals surface area (Å²) in [5, 5.41) is 24.5. The molecule has 6 rings (SSSR count). The fourth-order valence-electron chi connectivity index (χ4n) is 5.20. The lowest BCUT2D eigenvalue weighted by atomic mass is 9.90. The van der Waals surface area contributed by atoms with Gasteiger partial charge in [0.1, 0.15) is 5.82 Å². The summed E-state index contributed by atoms with van der Waals surface area (Å²) in [6, 6.07) is 10.4. The highest BCUT2D eigenvalue weighted by Gasteiger charge is 2.31. The molecule has 0 bridgehead atoms. The van der Waals surface area contributed by atoms with Gasteiger partial charge in [0, 0.05) is 30.4 Å². The third-order valence-corrected chi connectivity index (χ3v) is 7.71. The summed E-state index contributed by atoms with van der Waals surface area (Å²) in [6.07, 6.45) is 7.59. The van der Waals surface area contributed by atoms with Gasteiger partial charge in [-0.05, 0) is 56.7 Å². The molecule has 0 aliphatic heterocycles. The van der Waals surface area contributed by atoms with Crippen LogP contribution >= 0.6 is 11.6 Å². The zero-order valence-electron chi connectivity index (χ0n) is 21.9. The Morgan fingerprint density at radius 1 is 1.00 bits per heavy atom. The molecule has 3 aromatic heterocycles. The number of carbonyl (C=O) groups is 2. The lowest BCUT2D eigenvalue weighted by Crippen LogP contribution is -2.43. The molecular weight excluding hydrogens is 551 g/mol. The standard InChI is InChI=1S/C28H28ClFN8O3/c29-19-3-1-2-4-23(19)37(28(40)41)18-9-7-17(8-10-18)34-25-13-22(33-16-5-6-16)26-32-15-24(38(26)36-25)27(39)35-21-11-12-31-14-20(21)30/h1-4,11-18,33H,5-10H2,(H,34,36)(H,40,41)(H,31,35,39)/t17-,18-. The number of anilines is 4. The number of nitrogens with one attached hydrogen (secondary N) is 3. The first-order valence-electron chi connectivity index (χ1n) is 13.5. The van der Waals surface area contributed by atoms with Crippen LogP contribution in [0, 0.1) is 5.82 Å². The molecule has 4 N–H and O–H groups in total. The maximum Gasteiger partial charge on any atom is 0.412 e. The Morgan fingerprint density at radius 3 is 2.44 bits per heavy atom. The van der Waals surface area contributed by atoms with Crippen LogP contribution in [0.5, 0.6) is 0 Å². The van der Waals surface area contributed by atoms with Crippen LogP contribution in [0.25, 0.3) is 5.65 Å². The van der Waals surface area contributed by atoms with Crippen molar-refractivity contribution in [3.63, 3.8) is 0 Å². The minimum absolute atomic E-state index is 0.00881. The van der Waals surface area contributed by atoms with Crippen LogP contribution in [0.4, 0.5) is 32.1 Å². The molecule has 4 aromatic rings. The van der Waals surface area contributed by atoms with Crippen LogP contribution in [0.2, 0.25) is 5.02 Å². The van der Waals surface area contributed by atoms with Crippen molar-refractivity contribution < 1.29 is 19.1 Å². The summed E-state index contributed by atoms with van der Waals surface area (Å²) < 4.78 is 15.6. The minimum atomic E-state index is -1.03. The second-order valence-corrected chi connectivity index (χ2v) is 10.7. The first kappa shape index (κ1) is 26.8. The molecule has 3 heterocycles. The zero-order valence-corrected chi connectivity index (χ0v) is 22.7. The lowest BCUT2D eigenvalue weighted by molar-refractivity contribution is 0.102. The van der Waals surface area contributed by atoms with E-state index < -0.39 is 17.8 Å². The predicted octanol–water partition coefficient (Wildman–Crippen LogP) is 5.65. The number of amides is 2. The topological polar surface area (TPSA) is 137 Å². The second-order valence-electron chi connectivity index (χ2n) is 10.3. The van der Waals surface area contributed by atoms with Gasteiger partial charge < -0.3 is 21.1 Å². The van der Waals surface area contributed by atoms with Crippen LogP contribution in [-0.2, 0) is 0 Å². The van der Waals surface area contributed by atoms with Crippen molar-refractivity contribution >= 4 is 52.1 Å². The fraction of sp³-hybridized carbons (Fsp3) is 0.321. The number of carbonyl (C=O) groups excluding carboxylic acids is 1. The largest absolute Gasteiger partial charge is 0.465 e. The molecule has 0 saturated heterocycles. The van der Waals surface area contributed by atoms with Crippen molar-refractivity contribution in [1.29, 1.82) is 0 Å². The van der Waals surface area contributed by atoms with Gasteiger partial charge in [-0.1, -0.05) is 23.7 Å². The van der Waals surface area contributed by atoms with E-state index in [4.69, 9.17) is 11.6 Å². The normalized spacial score (nSPS) is 18.6. The number of pyridine rings is 1. The second kappa shape index (κ2) is 11.2. The Labute approximate surface area is 239 Å². The van der Waals surface area contributed by atoms with Crippen LogP contribution < -0.4 is 20.9 Å². The van der Waals surface area contributed by atoms with Gasteiger partial charge in [0.05, 0.1) is 34.5 Å². The summed E-state index contributed by atoms with van der Waals surface area (Å²) >= 11 is 6.31. The molecule has 2 aliphatic rings. The first-order valence-corrected chi connectivity index (χ1v) is 13.8. The molecule has 0 spiro atoms. The number of fused-ring (bicyclic) bond motifs is 1. The van der Waals surface area contributed by atoms with Gasteiger partial charge in [0.15, 0.2) is 17.2 Å².